The summed E-state index contributed by atoms with van der Waals surface area (Å²) in [6.45, 7) is 8.67. The number of carbonyl (C=O) groups excluding carboxylic acids is 1. The smallest absolute Gasteiger partial charge is 0.322 e. The molecule has 2 heterocycles. The lowest BCUT2D eigenvalue weighted by molar-refractivity contribution is -0.138. The van der Waals surface area contributed by atoms with Gasteiger partial charge in [-0.15, -0.1) is 0 Å². The molecule has 6 nitrogen and oxygen atoms in total. The van der Waals surface area contributed by atoms with Gasteiger partial charge in [-0.1, -0.05) is 29.7 Å². The van der Waals surface area contributed by atoms with Crippen LogP contribution < -0.4 is 5.32 Å². The van der Waals surface area contributed by atoms with Gasteiger partial charge >= 0.3 is 6.18 Å². The summed E-state index contributed by atoms with van der Waals surface area (Å²) in [5.74, 6) is 5.81. The van der Waals surface area contributed by atoms with Crippen LogP contribution in [0, 0.1) is 11.8 Å². The number of likely N-dealkylation sites (N-methyl/N-ethyl adjacent to an activating group) is 1. The molecule has 0 spiro atoms. The normalized spacial score (nSPS) is 15.1. The van der Waals surface area contributed by atoms with E-state index in [0.29, 0.717) is 24.2 Å². The zero-order valence-electron chi connectivity index (χ0n) is 23.5. The molecule has 0 saturated carbocycles. The maximum absolute atomic E-state index is 14.0. The number of halogens is 3. The lowest BCUT2D eigenvalue weighted by Crippen LogP contribution is -2.44. The number of benzene rings is 2. The molecule has 0 unspecified atom stereocenters. The van der Waals surface area contributed by atoms with Crippen LogP contribution in [0.2, 0.25) is 0 Å². The minimum atomic E-state index is -4.53. The zero-order valence-corrected chi connectivity index (χ0v) is 23.5. The number of piperazine rings is 1. The summed E-state index contributed by atoms with van der Waals surface area (Å²) in [6.07, 6.45) is -2.88. The number of amides is 1. The molecule has 1 aliphatic heterocycles. The minimum absolute atomic E-state index is 0.0957. The van der Waals surface area contributed by atoms with Crippen LogP contribution in [0.3, 0.4) is 0 Å². The molecule has 1 N–H and O–H groups in total. The lowest BCUT2D eigenvalue weighted by atomic mass is 10.0. The van der Waals surface area contributed by atoms with E-state index in [1.165, 1.54) is 12.1 Å². The van der Waals surface area contributed by atoms with Crippen molar-refractivity contribution in [2.45, 2.75) is 33.5 Å². The van der Waals surface area contributed by atoms with Crippen molar-refractivity contribution in [3.8, 4) is 11.8 Å². The Bertz CT molecular complexity index is 1530. The first-order valence-electron chi connectivity index (χ1n) is 13.1. The monoisotopic (exact) mass is 549 g/mol. The van der Waals surface area contributed by atoms with Crippen LogP contribution in [0.15, 0.2) is 65.3 Å². The predicted molar refractivity (Wildman–Crippen MR) is 153 cm³/mol. The second kappa shape index (κ2) is 12.1. The van der Waals surface area contributed by atoms with Gasteiger partial charge < -0.3 is 10.2 Å². The number of carbonyl (C=O) groups is 1. The van der Waals surface area contributed by atoms with E-state index in [4.69, 9.17) is 0 Å². The molecule has 210 valence electrons. The number of nitrogens with zero attached hydrogens (tertiary/aromatic N) is 4. The summed E-state index contributed by atoms with van der Waals surface area (Å²) in [7, 11) is 3.83. The van der Waals surface area contributed by atoms with Crippen LogP contribution in [0.1, 0.15) is 37.6 Å². The number of hydrogen-bond acceptors (Lipinski definition) is 4. The largest absolute Gasteiger partial charge is 0.416 e. The molecule has 1 fully saturated rings. The molecule has 0 aliphatic carbocycles. The van der Waals surface area contributed by atoms with Crippen molar-refractivity contribution in [1.82, 2.24) is 19.6 Å². The number of hydrogen-bond donors (Lipinski definition) is 1. The maximum atomic E-state index is 14.0. The fourth-order valence-electron chi connectivity index (χ4n) is 4.54. The van der Waals surface area contributed by atoms with Crippen molar-refractivity contribution < 1.29 is 18.0 Å². The Morgan fingerprint density at radius 3 is 2.42 bits per heavy atom. The number of fused-ring (bicyclic) bond motifs is 1. The van der Waals surface area contributed by atoms with Gasteiger partial charge in [-0.3, -0.25) is 14.4 Å². The van der Waals surface area contributed by atoms with Crippen LogP contribution in [0.25, 0.3) is 10.9 Å². The Morgan fingerprint density at radius 2 is 1.75 bits per heavy atom. The van der Waals surface area contributed by atoms with Crippen molar-refractivity contribution in [2.24, 2.45) is 7.05 Å². The molecule has 1 saturated heterocycles. The molecule has 2 aromatic carbocycles. The van der Waals surface area contributed by atoms with Gasteiger partial charge in [-0.25, -0.2) is 0 Å². The number of alkyl halides is 3. The molecule has 1 aliphatic rings. The second-order valence-corrected chi connectivity index (χ2v) is 10.4. The van der Waals surface area contributed by atoms with E-state index in [2.05, 4.69) is 27.2 Å². The Kier molecular flexibility index (Phi) is 8.82. The third-order valence-electron chi connectivity index (χ3n) is 6.98. The average molecular weight is 550 g/mol. The highest BCUT2D eigenvalue weighted by Crippen LogP contribution is 2.34. The second-order valence-electron chi connectivity index (χ2n) is 10.4. The SMILES string of the molecule is CC(C)=C(C#Cc1c2ccccc2nn1C)/C=C(\C)C(=O)Nc1ccc(CN2CCN(C)CC2)c(C(F)(F)F)c1. The zero-order chi connectivity index (χ0) is 29.0. The van der Waals surface area contributed by atoms with E-state index in [1.807, 2.05) is 57.1 Å². The number of nitrogens with one attached hydrogen (secondary N) is 1. The summed E-state index contributed by atoms with van der Waals surface area (Å²) < 4.78 is 43.6. The summed E-state index contributed by atoms with van der Waals surface area (Å²) in [4.78, 5) is 17.1. The molecule has 4 rings (SSSR count). The van der Waals surface area contributed by atoms with E-state index >= 15 is 0 Å². The Labute approximate surface area is 233 Å². The Hall–Kier alpha value is -3.87. The topological polar surface area (TPSA) is 53.4 Å². The molecule has 0 atom stereocenters. The highest BCUT2D eigenvalue weighted by Gasteiger charge is 2.34. The Balaban J connectivity index is 1.53. The van der Waals surface area contributed by atoms with Crippen molar-refractivity contribution in [3.05, 3.63) is 82.1 Å². The van der Waals surface area contributed by atoms with Gasteiger partial charge in [0.15, 0.2) is 0 Å². The van der Waals surface area contributed by atoms with E-state index < -0.39 is 17.6 Å². The van der Waals surface area contributed by atoms with Gasteiger partial charge in [0.1, 0.15) is 5.69 Å². The number of anilines is 1. The molecule has 3 aromatic rings. The van der Waals surface area contributed by atoms with Gasteiger partial charge in [0, 0.05) is 62.0 Å². The first-order chi connectivity index (χ1) is 18.9. The fourth-order valence-corrected chi connectivity index (χ4v) is 4.54. The molecule has 1 amide bonds. The van der Waals surface area contributed by atoms with E-state index in [0.717, 1.165) is 41.3 Å². The molecule has 9 heteroatoms. The van der Waals surface area contributed by atoms with Crippen molar-refractivity contribution in [3.63, 3.8) is 0 Å². The number of rotatable bonds is 5. The van der Waals surface area contributed by atoms with Gasteiger partial charge in [0.2, 0.25) is 0 Å². The average Bonchev–Trinajstić information content (AvgIpc) is 3.22. The third kappa shape index (κ3) is 7.00. The quantitative estimate of drug-likeness (QED) is 0.255. The summed E-state index contributed by atoms with van der Waals surface area (Å²) >= 11 is 0. The van der Waals surface area contributed by atoms with Crippen LogP contribution in [0.4, 0.5) is 18.9 Å². The van der Waals surface area contributed by atoms with Crippen LogP contribution in [-0.4, -0.2) is 58.7 Å². The number of allylic oxidation sites excluding steroid dienone is 3. The van der Waals surface area contributed by atoms with Crippen molar-refractivity contribution in [1.29, 1.82) is 0 Å². The third-order valence-corrected chi connectivity index (χ3v) is 6.98. The number of aryl methyl sites for hydroxylation is 1. The molecular formula is C31H34F3N5O. The predicted octanol–water partition coefficient (Wildman–Crippen LogP) is 5.61. The summed E-state index contributed by atoms with van der Waals surface area (Å²) in [5.41, 5.74) is 3.04. The van der Waals surface area contributed by atoms with Crippen molar-refractivity contribution >= 4 is 22.5 Å². The van der Waals surface area contributed by atoms with E-state index in [1.54, 1.807) is 17.7 Å². The highest BCUT2D eigenvalue weighted by molar-refractivity contribution is 6.03. The van der Waals surface area contributed by atoms with Crippen LogP contribution in [0.5, 0.6) is 0 Å². The minimum Gasteiger partial charge on any atom is -0.322 e. The summed E-state index contributed by atoms with van der Waals surface area (Å²) in [5, 5.41) is 8.03. The summed E-state index contributed by atoms with van der Waals surface area (Å²) in [6, 6.07) is 11.7. The Morgan fingerprint density at radius 1 is 1.05 bits per heavy atom. The molecule has 40 heavy (non-hydrogen) atoms. The first kappa shape index (κ1) is 29.1. The molecule has 0 bridgehead atoms. The van der Waals surface area contributed by atoms with Crippen LogP contribution >= 0.6 is 0 Å². The highest BCUT2D eigenvalue weighted by atomic mass is 19.4. The fraction of sp³-hybridized carbons (Fsp3) is 0.355. The molecular weight excluding hydrogens is 515 g/mol. The lowest BCUT2D eigenvalue weighted by Gasteiger charge is -2.33. The number of aromatic nitrogens is 2. The van der Waals surface area contributed by atoms with Gasteiger partial charge in [0.05, 0.1) is 11.1 Å². The molecule has 0 radical (unpaired) electrons. The molecule has 1 aromatic heterocycles. The van der Waals surface area contributed by atoms with Crippen molar-refractivity contribution in [2.75, 3.05) is 38.5 Å². The van der Waals surface area contributed by atoms with Gasteiger partial charge in [-0.05, 0) is 69.6 Å². The van der Waals surface area contributed by atoms with E-state index in [9.17, 15) is 18.0 Å². The first-order valence-corrected chi connectivity index (χ1v) is 13.1. The maximum Gasteiger partial charge on any atom is 0.416 e. The van der Waals surface area contributed by atoms with Crippen LogP contribution in [-0.2, 0) is 24.6 Å². The van der Waals surface area contributed by atoms with E-state index in [-0.39, 0.29) is 17.8 Å². The standard InChI is InChI=1S/C31H34F3N5O/c1-21(2)23(11-13-29-26-8-6-7-9-28(26)36-38(29)5)18-22(3)30(40)35-25-12-10-24(27(19-25)31(32,33)34)20-39-16-14-37(4)15-17-39/h6-10,12,18-19H,14-17,20H2,1-5H3,(H,35,40)/b22-18+. The van der Waals surface area contributed by atoms with Gasteiger partial charge in [-0.2, -0.15) is 18.3 Å². The van der Waals surface area contributed by atoms with Gasteiger partial charge in [0.25, 0.3) is 5.91 Å².